The number of para-hydroxylation sites is 1. The normalized spacial score (nSPS) is 17.5. The molecule has 3 heterocycles. The van der Waals surface area contributed by atoms with Crippen LogP contribution in [-0.2, 0) is 11.8 Å². The summed E-state index contributed by atoms with van der Waals surface area (Å²) in [7, 11) is 1.90. The third kappa shape index (κ3) is 4.17. The Bertz CT molecular complexity index is 1250. The largest absolute Gasteiger partial charge is 0.376 e. The Labute approximate surface area is 194 Å². The molecule has 1 unspecified atom stereocenters. The van der Waals surface area contributed by atoms with Gasteiger partial charge in [-0.1, -0.05) is 12.1 Å². The number of benzene rings is 2. The fourth-order valence-electron chi connectivity index (χ4n) is 3.99. The number of imidazole rings is 1. The highest BCUT2D eigenvalue weighted by molar-refractivity contribution is 7.99. The molecule has 0 aliphatic carbocycles. The van der Waals surface area contributed by atoms with Gasteiger partial charge in [-0.25, -0.2) is 4.98 Å². The molecule has 5 rings (SSSR count). The topological polar surface area (TPSA) is 93.5 Å². The summed E-state index contributed by atoms with van der Waals surface area (Å²) in [4.78, 5) is 45.0. The van der Waals surface area contributed by atoms with E-state index in [1.165, 1.54) is 22.7 Å². The molecule has 1 saturated heterocycles. The second kappa shape index (κ2) is 8.84. The SMILES string of the molecule is Cn1ccnc1Sc1ccccc1NC(=O)c1ccc2c(c1)C(=O)N(CC1CCCO1)C2=O. The minimum Gasteiger partial charge on any atom is -0.376 e. The lowest BCUT2D eigenvalue weighted by Crippen LogP contribution is -2.36. The number of aromatic nitrogens is 2. The molecule has 2 aliphatic rings. The molecule has 0 bridgehead atoms. The van der Waals surface area contributed by atoms with Crippen LogP contribution in [-0.4, -0.2) is 51.4 Å². The van der Waals surface area contributed by atoms with E-state index in [0.29, 0.717) is 23.4 Å². The van der Waals surface area contributed by atoms with E-state index in [0.717, 1.165) is 22.9 Å². The molecule has 2 aromatic carbocycles. The summed E-state index contributed by atoms with van der Waals surface area (Å²) in [5.74, 6) is -1.08. The van der Waals surface area contributed by atoms with Crippen LogP contribution >= 0.6 is 11.8 Å². The lowest BCUT2D eigenvalue weighted by Gasteiger charge is -2.17. The Balaban J connectivity index is 1.34. The maximum atomic E-state index is 13.0. The minimum atomic E-state index is -0.383. The number of aryl methyl sites for hydroxylation is 1. The lowest BCUT2D eigenvalue weighted by molar-refractivity contribution is 0.0475. The van der Waals surface area contributed by atoms with Gasteiger partial charge < -0.3 is 14.6 Å². The summed E-state index contributed by atoms with van der Waals surface area (Å²) in [5.41, 5.74) is 1.52. The minimum absolute atomic E-state index is 0.123. The van der Waals surface area contributed by atoms with Crippen LogP contribution in [0.4, 0.5) is 5.69 Å². The van der Waals surface area contributed by atoms with Gasteiger partial charge in [0.25, 0.3) is 17.7 Å². The first-order chi connectivity index (χ1) is 16.0. The number of carbonyl (C=O) groups is 3. The molecule has 1 fully saturated rings. The molecule has 0 saturated carbocycles. The van der Waals surface area contributed by atoms with Crippen molar-refractivity contribution in [3.8, 4) is 0 Å². The van der Waals surface area contributed by atoms with Gasteiger partial charge in [0.2, 0.25) is 0 Å². The summed E-state index contributed by atoms with van der Waals surface area (Å²) < 4.78 is 7.47. The van der Waals surface area contributed by atoms with Crippen LogP contribution in [0.15, 0.2) is 64.9 Å². The van der Waals surface area contributed by atoms with E-state index in [1.807, 2.05) is 42.1 Å². The van der Waals surface area contributed by atoms with Gasteiger partial charge in [-0.05, 0) is 54.9 Å². The summed E-state index contributed by atoms with van der Waals surface area (Å²) in [6.07, 6.45) is 5.21. The number of rotatable bonds is 6. The van der Waals surface area contributed by atoms with Crippen molar-refractivity contribution in [2.24, 2.45) is 7.05 Å². The number of carbonyl (C=O) groups excluding carboxylic acids is 3. The third-order valence-electron chi connectivity index (χ3n) is 5.76. The lowest BCUT2D eigenvalue weighted by atomic mass is 10.1. The van der Waals surface area contributed by atoms with Crippen molar-refractivity contribution in [1.82, 2.24) is 14.5 Å². The zero-order valence-corrected chi connectivity index (χ0v) is 18.8. The summed E-state index contributed by atoms with van der Waals surface area (Å²) in [5, 5.41) is 3.72. The monoisotopic (exact) mass is 462 g/mol. The van der Waals surface area contributed by atoms with E-state index in [1.54, 1.807) is 18.3 Å². The molecule has 8 nitrogen and oxygen atoms in total. The molecule has 1 atom stereocenters. The Morgan fingerprint density at radius 3 is 2.76 bits per heavy atom. The molecular formula is C24H22N4O4S. The molecule has 0 spiro atoms. The predicted molar refractivity (Wildman–Crippen MR) is 123 cm³/mol. The van der Waals surface area contributed by atoms with Gasteiger partial charge in [0.15, 0.2) is 5.16 Å². The summed E-state index contributed by atoms with van der Waals surface area (Å²) >= 11 is 1.44. The van der Waals surface area contributed by atoms with Crippen LogP contribution in [0, 0.1) is 0 Å². The molecule has 168 valence electrons. The Hall–Kier alpha value is -3.43. The van der Waals surface area contributed by atoms with Crippen molar-refractivity contribution in [2.45, 2.75) is 29.0 Å². The molecule has 1 aromatic heterocycles. The average molecular weight is 463 g/mol. The molecule has 0 radical (unpaired) electrons. The fourth-order valence-corrected chi connectivity index (χ4v) is 4.88. The zero-order chi connectivity index (χ0) is 22.9. The van der Waals surface area contributed by atoms with E-state index in [-0.39, 0.29) is 35.9 Å². The molecular weight excluding hydrogens is 440 g/mol. The molecule has 2 aliphatic heterocycles. The van der Waals surface area contributed by atoms with Crippen LogP contribution in [0.1, 0.15) is 43.9 Å². The number of amides is 3. The predicted octanol–water partition coefficient (Wildman–Crippen LogP) is 3.60. The van der Waals surface area contributed by atoms with Gasteiger partial charge in [0.1, 0.15) is 0 Å². The number of hydrogen-bond donors (Lipinski definition) is 1. The van der Waals surface area contributed by atoms with E-state index in [4.69, 9.17) is 4.74 Å². The first kappa shape index (κ1) is 21.4. The summed E-state index contributed by atoms with van der Waals surface area (Å²) in [6.45, 7) is 0.893. The smallest absolute Gasteiger partial charge is 0.261 e. The van der Waals surface area contributed by atoms with Gasteiger partial charge in [0.05, 0.1) is 29.5 Å². The quantitative estimate of drug-likeness (QED) is 0.563. The van der Waals surface area contributed by atoms with E-state index in [2.05, 4.69) is 10.3 Å². The summed E-state index contributed by atoms with van der Waals surface area (Å²) in [6, 6.07) is 12.1. The van der Waals surface area contributed by atoms with Crippen molar-refractivity contribution >= 4 is 35.2 Å². The molecule has 1 N–H and O–H groups in total. The first-order valence-corrected chi connectivity index (χ1v) is 11.5. The third-order valence-corrected chi connectivity index (χ3v) is 6.91. The van der Waals surface area contributed by atoms with Crippen molar-refractivity contribution in [1.29, 1.82) is 0 Å². The number of imide groups is 1. The van der Waals surface area contributed by atoms with Crippen LogP contribution in [0.25, 0.3) is 0 Å². The van der Waals surface area contributed by atoms with Crippen molar-refractivity contribution in [3.63, 3.8) is 0 Å². The second-order valence-electron chi connectivity index (χ2n) is 7.99. The Morgan fingerprint density at radius 1 is 1.18 bits per heavy atom. The Kier molecular flexibility index (Phi) is 5.74. The van der Waals surface area contributed by atoms with E-state index in [9.17, 15) is 14.4 Å². The van der Waals surface area contributed by atoms with Gasteiger partial charge in [-0.15, -0.1) is 0 Å². The van der Waals surface area contributed by atoms with Gasteiger partial charge in [0, 0.05) is 36.5 Å². The zero-order valence-electron chi connectivity index (χ0n) is 18.0. The number of nitrogens with one attached hydrogen (secondary N) is 1. The maximum absolute atomic E-state index is 13.0. The highest BCUT2D eigenvalue weighted by atomic mass is 32.2. The number of fused-ring (bicyclic) bond motifs is 1. The van der Waals surface area contributed by atoms with E-state index >= 15 is 0 Å². The standard InChI is InChI=1S/C24H22N4O4S/c1-27-11-10-25-24(27)33-20-7-3-2-6-19(20)26-21(29)15-8-9-17-18(13-15)23(31)28(22(17)30)14-16-5-4-12-32-16/h2-3,6-11,13,16H,4-5,12,14H2,1H3,(H,26,29). The number of ether oxygens (including phenoxy) is 1. The van der Waals surface area contributed by atoms with Crippen LogP contribution in [0.3, 0.4) is 0 Å². The Morgan fingerprint density at radius 2 is 2.00 bits per heavy atom. The number of hydrogen-bond acceptors (Lipinski definition) is 6. The van der Waals surface area contributed by atoms with Crippen LogP contribution in [0.2, 0.25) is 0 Å². The van der Waals surface area contributed by atoms with Crippen molar-refractivity contribution in [3.05, 3.63) is 71.5 Å². The molecule has 3 amide bonds. The van der Waals surface area contributed by atoms with E-state index < -0.39 is 0 Å². The maximum Gasteiger partial charge on any atom is 0.261 e. The van der Waals surface area contributed by atoms with Crippen LogP contribution in [0.5, 0.6) is 0 Å². The van der Waals surface area contributed by atoms with Crippen molar-refractivity contribution in [2.75, 3.05) is 18.5 Å². The molecule has 3 aromatic rings. The van der Waals surface area contributed by atoms with Gasteiger partial charge in [-0.3, -0.25) is 19.3 Å². The van der Waals surface area contributed by atoms with Gasteiger partial charge in [-0.2, -0.15) is 0 Å². The molecule has 9 heteroatoms. The second-order valence-corrected chi connectivity index (χ2v) is 9.00. The highest BCUT2D eigenvalue weighted by Crippen LogP contribution is 2.33. The highest BCUT2D eigenvalue weighted by Gasteiger charge is 2.38. The van der Waals surface area contributed by atoms with Crippen molar-refractivity contribution < 1.29 is 19.1 Å². The molecule has 33 heavy (non-hydrogen) atoms. The average Bonchev–Trinajstić information content (AvgIpc) is 3.53. The van der Waals surface area contributed by atoms with Gasteiger partial charge >= 0.3 is 0 Å². The number of anilines is 1. The number of nitrogens with zero attached hydrogens (tertiary/aromatic N) is 3. The van der Waals surface area contributed by atoms with Crippen LogP contribution < -0.4 is 5.32 Å². The fraction of sp³-hybridized carbons (Fsp3) is 0.250. The first-order valence-electron chi connectivity index (χ1n) is 10.7.